The van der Waals surface area contributed by atoms with Crippen molar-refractivity contribution >= 4 is 39.9 Å². The number of alkyl carbamates (subject to hydrolysis) is 1. The molecule has 4 amide bonds. The number of ether oxygens (including phenoxy) is 3. The van der Waals surface area contributed by atoms with Crippen LogP contribution in [-0.4, -0.2) is 86.4 Å². The number of benzene rings is 1. The zero-order valence-corrected chi connectivity index (χ0v) is 28.4. The Balaban J connectivity index is 1.41. The van der Waals surface area contributed by atoms with Crippen LogP contribution in [0.1, 0.15) is 75.8 Å². The van der Waals surface area contributed by atoms with Crippen molar-refractivity contribution in [2.45, 2.75) is 100 Å². The number of carbonyl (C=O) groups is 4. The summed E-state index contributed by atoms with van der Waals surface area (Å²) >= 11 is 0. The summed E-state index contributed by atoms with van der Waals surface area (Å²) in [4.78, 5) is 55.6. The van der Waals surface area contributed by atoms with Crippen molar-refractivity contribution in [2.75, 3.05) is 20.3 Å². The summed E-state index contributed by atoms with van der Waals surface area (Å²) in [6.07, 6.45) is 8.42. The molecule has 1 aromatic rings. The first-order chi connectivity index (χ1) is 23.0. The van der Waals surface area contributed by atoms with Gasteiger partial charge in [-0.1, -0.05) is 38.0 Å². The molecule has 13 nitrogen and oxygen atoms in total. The lowest BCUT2D eigenvalue weighted by atomic mass is 10.1. The molecule has 2 heterocycles. The number of nitrogens with one attached hydrogen (secondary N) is 3. The second kappa shape index (κ2) is 15.1. The van der Waals surface area contributed by atoms with Crippen LogP contribution in [0.4, 0.5) is 4.79 Å². The average molecular weight is 687 g/mol. The monoisotopic (exact) mass is 686 g/mol. The molecule has 4 aliphatic rings. The number of methoxy groups -OCH3 is 1. The van der Waals surface area contributed by atoms with E-state index < -0.39 is 68.7 Å². The normalized spacial score (nSPS) is 28.6. The maximum absolute atomic E-state index is 14.1. The lowest BCUT2D eigenvalue weighted by Crippen LogP contribution is -2.58. The van der Waals surface area contributed by atoms with Gasteiger partial charge in [0.05, 0.1) is 31.7 Å². The van der Waals surface area contributed by atoms with Crippen molar-refractivity contribution < 1.29 is 41.8 Å². The Morgan fingerprint density at radius 1 is 1.23 bits per heavy atom. The van der Waals surface area contributed by atoms with Crippen molar-refractivity contribution in [3.05, 3.63) is 48.1 Å². The molecule has 2 aliphatic heterocycles. The highest BCUT2D eigenvalue weighted by molar-refractivity contribution is 7.91. The number of amides is 4. The molecule has 5 atom stereocenters. The first kappa shape index (κ1) is 35.4. The minimum absolute atomic E-state index is 0.0626. The van der Waals surface area contributed by atoms with Crippen LogP contribution in [0.5, 0.6) is 5.75 Å². The van der Waals surface area contributed by atoms with Gasteiger partial charge in [-0.2, -0.15) is 0 Å². The lowest BCUT2D eigenvalue weighted by molar-refractivity contribution is -0.141. The fraction of sp³-hybridized carbons (Fsp3) is 0.588. The molecule has 1 unspecified atom stereocenters. The first-order valence-corrected chi connectivity index (χ1v) is 18.2. The van der Waals surface area contributed by atoms with Gasteiger partial charge in [0, 0.05) is 18.9 Å². The van der Waals surface area contributed by atoms with Crippen molar-refractivity contribution in [1.29, 1.82) is 0 Å². The summed E-state index contributed by atoms with van der Waals surface area (Å²) < 4.78 is 44.5. The fourth-order valence-electron chi connectivity index (χ4n) is 6.26. The number of allylic oxidation sites excluding steroid dienone is 1. The van der Waals surface area contributed by atoms with Gasteiger partial charge in [0.1, 0.15) is 23.4 Å². The quantitative estimate of drug-likeness (QED) is 0.313. The predicted octanol–water partition coefficient (Wildman–Crippen LogP) is 2.94. The lowest BCUT2D eigenvalue weighted by Gasteiger charge is -2.29. The van der Waals surface area contributed by atoms with Crippen LogP contribution in [-0.2, 0) is 40.5 Å². The Bertz CT molecular complexity index is 1540. The molecule has 3 fully saturated rings. The molecule has 1 aromatic carbocycles. The molecule has 0 radical (unpaired) electrons. The predicted molar refractivity (Wildman–Crippen MR) is 177 cm³/mol. The average Bonchev–Trinajstić information content (AvgIpc) is 3.99. The minimum Gasteiger partial charge on any atom is -0.497 e. The van der Waals surface area contributed by atoms with Gasteiger partial charge in [-0.25, -0.2) is 13.2 Å². The molecule has 14 heteroatoms. The van der Waals surface area contributed by atoms with E-state index in [2.05, 4.69) is 21.9 Å². The number of sulfonamides is 1. The van der Waals surface area contributed by atoms with Gasteiger partial charge in [0.2, 0.25) is 21.8 Å². The molecule has 48 heavy (non-hydrogen) atoms. The third kappa shape index (κ3) is 8.38. The standard InChI is InChI=1S/C34H46N4O9S/c1-4-6-11-28-31(40)38-20-26(47-21-23-15-22(16-25(17-23)45-3)10-8-7-9-14-46-33(42)35-28)18-29(38)30(39)36-34(19-24(34)5-2)32(41)37-48(43,44)27-12-13-27/h5,8,10,15-17,24,26-29H,2,4,6-7,9,11-14,18-21H2,1,3H3,(H,35,42)(H,36,39)(H,37,41)/b10-8+/t24-,26?,28+,29+,34-/m1/s1. The molecule has 5 rings (SSSR count). The molecule has 1 saturated heterocycles. The third-order valence-electron chi connectivity index (χ3n) is 9.30. The number of unbranched alkanes of at least 4 members (excludes halogenated alkanes) is 1. The summed E-state index contributed by atoms with van der Waals surface area (Å²) in [5.74, 6) is -1.74. The zero-order valence-electron chi connectivity index (χ0n) is 27.6. The first-order valence-electron chi connectivity index (χ1n) is 16.7. The highest BCUT2D eigenvalue weighted by Crippen LogP contribution is 2.45. The van der Waals surface area contributed by atoms with Gasteiger partial charge >= 0.3 is 6.09 Å². The second-order valence-corrected chi connectivity index (χ2v) is 15.0. The number of cyclic esters (lactones) is 1. The maximum atomic E-state index is 14.1. The minimum atomic E-state index is -3.86. The Labute approximate surface area is 281 Å². The Kier molecular flexibility index (Phi) is 11.1. The van der Waals surface area contributed by atoms with E-state index in [0.717, 1.165) is 17.5 Å². The third-order valence-corrected chi connectivity index (χ3v) is 11.1. The van der Waals surface area contributed by atoms with Gasteiger partial charge in [0.25, 0.3) is 5.91 Å². The van der Waals surface area contributed by atoms with E-state index in [9.17, 15) is 27.6 Å². The SMILES string of the molecule is C=C[C@@H]1C[C@]1(NC(=O)[C@@H]1CC2CN1C(=O)[C@H](CCCC)NC(=O)OCCC/C=C/c1cc(cc(OC)c1)CO2)C(=O)NS(=O)(=O)C1CC1. The highest BCUT2D eigenvalue weighted by Gasteiger charge is 2.62. The van der Waals surface area contributed by atoms with Crippen LogP contribution in [0.2, 0.25) is 0 Å². The Morgan fingerprint density at radius 3 is 2.71 bits per heavy atom. The van der Waals surface area contributed by atoms with Crippen LogP contribution in [0, 0.1) is 5.92 Å². The van der Waals surface area contributed by atoms with Gasteiger partial charge in [-0.05, 0) is 67.9 Å². The van der Waals surface area contributed by atoms with Crippen LogP contribution in [0.25, 0.3) is 6.08 Å². The van der Waals surface area contributed by atoms with Gasteiger partial charge in [0.15, 0.2) is 0 Å². The van der Waals surface area contributed by atoms with Gasteiger partial charge in [-0.15, -0.1) is 6.58 Å². The molecule has 2 saturated carbocycles. The van der Waals surface area contributed by atoms with Crippen molar-refractivity contribution in [2.24, 2.45) is 5.92 Å². The molecule has 4 bridgehead atoms. The molecule has 3 N–H and O–H groups in total. The molecule has 262 valence electrons. The van der Waals surface area contributed by atoms with Crippen LogP contribution in [0.3, 0.4) is 0 Å². The van der Waals surface area contributed by atoms with Gasteiger partial charge in [-0.3, -0.25) is 19.1 Å². The Morgan fingerprint density at radius 2 is 2.02 bits per heavy atom. The summed E-state index contributed by atoms with van der Waals surface area (Å²) in [5, 5.41) is 4.87. The number of nitrogens with zero attached hydrogens (tertiary/aromatic N) is 1. The van der Waals surface area contributed by atoms with E-state index in [4.69, 9.17) is 14.2 Å². The molecule has 0 aromatic heterocycles. The summed E-state index contributed by atoms with van der Waals surface area (Å²) in [6, 6.07) is 3.73. The molecule has 0 spiro atoms. The summed E-state index contributed by atoms with van der Waals surface area (Å²) in [7, 11) is -2.28. The topological polar surface area (TPSA) is 169 Å². The van der Waals surface area contributed by atoms with Crippen molar-refractivity contribution in [3.63, 3.8) is 0 Å². The molecular weight excluding hydrogens is 640 g/mol. The maximum Gasteiger partial charge on any atom is 0.407 e. The van der Waals surface area contributed by atoms with E-state index in [1.165, 1.54) is 11.0 Å². The number of hydrogen-bond donors (Lipinski definition) is 3. The number of carbonyl (C=O) groups excluding carboxylic acids is 4. The molecule has 2 aliphatic carbocycles. The van der Waals surface area contributed by atoms with Crippen LogP contribution in [0.15, 0.2) is 36.9 Å². The zero-order chi connectivity index (χ0) is 34.5. The van der Waals surface area contributed by atoms with Crippen LogP contribution < -0.4 is 20.1 Å². The summed E-state index contributed by atoms with van der Waals surface area (Å²) in [5.41, 5.74) is 0.242. The Hall–Kier alpha value is -3.91. The number of rotatable bonds is 10. The largest absolute Gasteiger partial charge is 0.497 e. The van der Waals surface area contributed by atoms with E-state index in [1.54, 1.807) is 7.11 Å². The van der Waals surface area contributed by atoms with Crippen molar-refractivity contribution in [1.82, 2.24) is 20.3 Å². The number of hydrogen-bond acceptors (Lipinski definition) is 9. The molecular formula is C34H46N4O9S. The van der Waals surface area contributed by atoms with E-state index in [1.807, 2.05) is 37.3 Å². The summed E-state index contributed by atoms with van der Waals surface area (Å²) in [6.45, 7) is 6.13. The van der Waals surface area contributed by atoms with Crippen LogP contribution >= 0.6 is 0 Å². The van der Waals surface area contributed by atoms with Crippen molar-refractivity contribution in [3.8, 4) is 5.75 Å². The van der Waals surface area contributed by atoms with Gasteiger partial charge < -0.3 is 29.7 Å². The van der Waals surface area contributed by atoms with E-state index >= 15 is 0 Å². The van der Waals surface area contributed by atoms with E-state index in [-0.39, 0.29) is 32.6 Å². The fourth-order valence-corrected chi connectivity index (χ4v) is 7.63. The number of fused-ring (bicyclic) bond motifs is 4. The highest BCUT2D eigenvalue weighted by atomic mass is 32.2. The smallest absolute Gasteiger partial charge is 0.407 e. The second-order valence-electron chi connectivity index (χ2n) is 13.0. The van der Waals surface area contributed by atoms with E-state index in [0.29, 0.717) is 44.3 Å².